The van der Waals surface area contributed by atoms with Gasteiger partial charge in [0.05, 0.1) is 10.6 Å². The van der Waals surface area contributed by atoms with Gasteiger partial charge in [-0.2, -0.15) is 0 Å². The van der Waals surface area contributed by atoms with Gasteiger partial charge in [0.25, 0.3) is 0 Å². The molecule has 0 saturated heterocycles. The first kappa shape index (κ1) is 13.0. The number of nitrogens with zero attached hydrogens (tertiary/aromatic N) is 2. The predicted octanol–water partition coefficient (Wildman–Crippen LogP) is 4.29. The molecule has 3 aromatic rings. The Labute approximate surface area is 125 Å². The number of hydrogen-bond donors (Lipinski definition) is 1. The summed E-state index contributed by atoms with van der Waals surface area (Å²) in [5.74, 6) is 0.781. The summed E-state index contributed by atoms with van der Waals surface area (Å²) in [6, 6.07) is 8.78. The largest absolute Gasteiger partial charge is 0.380 e. The number of pyridine rings is 1. The van der Waals surface area contributed by atoms with Gasteiger partial charge < -0.3 is 10.3 Å². The Morgan fingerprint density at radius 1 is 1.05 bits per heavy atom. The second kappa shape index (κ2) is 5.15. The zero-order chi connectivity index (χ0) is 14.1. The number of nitrogen functional groups attached to an aromatic ring is 1. The van der Waals surface area contributed by atoms with Gasteiger partial charge >= 0.3 is 0 Å². The summed E-state index contributed by atoms with van der Waals surface area (Å²) < 4.78 is 5.33. The van der Waals surface area contributed by atoms with Crippen molar-refractivity contribution >= 4 is 29.0 Å². The third-order valence-corrected chi connectivity index (χ3v) is 3.43. The fourth-order valence-corrected chi connectivity index (χ4v) is 2.33. The highest BCUT2D eigenvalue weighted by Crippen LogP contribution is 2.40. The van der Waals surface area contributed by atoms with Crippen molar-refractivity contribution in [3.05, 3.63) is 52.8 Å². The summed E-state index contributed by atoms with van der Waals surface area (Å²) in [5, 5.41) is 4.89. The molecule has 0 bridgehead atoms. The fourth-order valence-electron chi connectivity index (χ4n) is 1.96. The Morgan fingerprint density at radius 3 is 2.55 bits per heavy atom. The van der Waals surface area contributed by atoms with Crippen molar-refractivity contribution < 1.29 is 4.52 Å². The monoisotopic (exact) mass is 305 g/mol. The maximum absolute atomic E-state index is 6.20. The lowest BCUT2D eigenvalue weighted by atomic mass is 10.0. The molecule has 0 amide bonds. The topological polar surface area (TPSA) is 64.9 Å². The van der Waals surface area contributed by atoms with Gasteiger partial charge in [-0.25, -0.2) is 0 Å². The van der Waals surface area contributed by atoms with Gasteiger partial charge in [0.1, 0.15) is 0 Å². The highest BCUT2D eigenvalue weighted by molar-refractivity contribution is 6.35. The van der Waals surface area contributed by atoms with Crippen molar-refractivity contribution in [2.45, 2.75) is 0 Å². The van der Waals surface area contributed by atoms with E-state index in [1.807, 2.05) is 12.1 Å². The number of anilines is 1. The van der Waals surface area contributed by atoms with E-state index < -0.39 is 0 Å². The molecule has 2 N–H and O–H groups in total. The molecule has 0 radical (unpaired) electrons. The summed E-state index contributed by atoms with van der Waals surface area (Å²) in [5.41, 5.74) is 8.07. The molecule has 0 unspecified atom stereocenters. The smallest absolute Gasteiger partial charge is 0.178 e. The average Bonchev–Trinajstić information content (AvgIpc) is 2.84. The molecule has 0 aliphatic rings. The molecule has 3 rings (SSSR count). The fraction of sp³-hybridized carbons (Fsp3) is 0. The van der Waals surface area contributed by atoms with E-state index in [0.717, 1.165) is 5.56 Å². The second-order valence-corrected chi connectivity index (χ2v) is 4.98. The van der Waals surface area contributed by atoms with Crippen molar-refractivity contribution in [1.29, 1.82) is 0 Å². The maximum atomic E-state index is 6.20. The van der Waals surface area contributed by atoms with Gasteiger partial charge in [-0.1, -0.05) is 28.4 Å². The van der Waals surface area contributed by atoms with Crippen molar-refractivity contribution in [3.63, 3.8) is 0 Å². The zero-order valence-electron chi connectivity index (χ0n) is 10.2. The van der Waals surface area contributed by atoms with Crippen molar-refractivity contribution in [2.75, 3.05) is 5.73 Å². The minimum atomic E-state index is 0.294. The van der Waals surface area contributed by atoms with Crippen LogP contribution in [0.1, 0.15) is 0 Å². The lowest BCUT2D eigenvalue weighted by Crippen LogP contribution is -1.89. The lowest BCUT2D eigenvalue weighted by molar-refractivity contribution is 0.436. The number of aromatic nitrogens is 2. The minimum absolute atomic E-state index is 0.294. The predicted molar refractivity (Wildman–Crippen MR) is 79.6 cm³/mol. The molecule has 20 heavy (non-hydrogen) atoms. The van der Waals surface area contributed by atoms with Crippen LogP contribution >= 0.6 is 23.2 Å². The second-order valence-electron chi connectivity index (χ2n) is 4.13. The van der Waals surface area contributed by atoms with E-state index >= 15 is 0 Å². The zero-order valence-corrected chi connectivity index (χ0v) is 11.7. The van der Waals surface area contributed by atoms with E-state index in [9.17, 15) is 0 Å². The number of rotatable bonds is 2. The van der Waals surface area contributed by atoms with Gasteiger partial charge in [-0.15, -0.1) is 0 Å². The Morgan fingerprint density at radius 2 is 1.80 bits per heavy atom. The quantitative estimate of drug-likeness (QED) is 0.767. The van der Waals surface area contributed by atoms with Crippen LogP contribution in [0.15, 0.2) is 47.2 Å². The number of nitrogens with two attached hydrogens (primary N) is 1. The standard InChI is InChI=1S/C14H9Cl2N3O/c15-9-1-2-11(16)10(7-9)13-12(14(17)19-20-13)8-3-5-18-6-4-8/h1-7H,(H2,17,19). The van der Waals surface area contributed by atoms with E-state index in [1.54, 1.807) is 30.6 Å². The van der Waals surface area contributed by atoms with Gasteiger partial charge in [0, 0.05) is 23.0 Å². The Kier molecular flexibility index (Phi) is 3.34. The third-order valence-electron chi connectivity index (χ3n) is 2.86. The lowest BCUT2D eigenvalue weighted by Gasteiger charge is -2.05. The molecule has 0 spiro atoms. The van der Waals surface area contributed by atoms with E-state index in [4.69, 9.17) is 33.5 Å². The first-order valence-corrected chi connectivity index (χ1v) is 6.53. The van der Waals surface area contributed by atoms with Crippen LogP contribution < -0.4 is 5.73 Å². The Hall–Kier alpha value is -2.04. The van der Waals surface area contributed by atoms with Crippen LogP contribution in [0.25, 0.3) is 22.5 Å². The number of halogens is 2. The third kappa shape index (κ3) is 2.24. The molecule has 0 aliphatic heterocycles. The molecular formula is C14H9Cl2N3O. The van der Waals surface area contributed by atoms with E-state index in [-0.39, 0.29) is 0 Å². The van der Waals surface area contributed by atoms with Crippen LogP contribution in [0, 0.1) is 0 Å². The summed E-state index contributed by atoms with van der Waals surface area (Å²) in [6.45, 7) is 0. The highest BCUT2D eigenvalue weighted by atomic mass is 35.5. The maximum Gasteiger partial charge on any atom is 0.178 e. The van der Waals surface area contributed by atoms with E-state index in [1.165, 1.54) is 0 Å². The van der Waals surface area contributed by atoms with Crippen LogP contribution in [0.4, 0.5) is 5.82 Å². The van der Waals surface area contributed by atoms with Gasteiger partial charge in [-0.3, -0.25) is 4.98 Å². The molecule has 100 valence electrons. The first-order chi connectivity index (χ1) is 9.66. The molecule has 2 heterocycles. The van der Waals surface area contributed by atoms with Crippen molar-refractivity contribution in [2.24, 2.45) is 0 Å². The molecule has 0 aliphatic carbocycles. The molecule has 2 aromatic heterocycles. The Bertz CT molecular complexity index is 756. The summed E-state index contributed by atoms with van der Waals surface area (Å²) in [4.78, 5) is 3.98. The van der Waals surface area contributed by atoms with Crippen molar-refractivity contribution in [3.8, 4) is 22.5 Å². The van der Waals surface area contributed by atoms with Gasteiger partial charge in [-0.05, 0) is 35.9 Å². The van der Waals surface area contributed by atoms with Gasteiger partial charge in [0.2, 0.25) is 0 Å². The van der Waals surface area contributed by atoms with Crippen molar-refractivity contribution in [1.82, 2.24) is 10.1 Å². The van der Waals surface area contributed by atoms with E-state index in [2.05, 4.69) is 10.1 Å². The average molecular weight is 306 g/mol. The van der Waals surface area contributed by atoms with E-state index in [0.29, 0.717) is 32.8 Å². The molecule has 4 nitrogen and oxygen atoms in total. The minimum Gasteiger partial charge on any atom is -0.380 e. The highest BCUT2D eigenvalue weighted by Gasteiger charge is 2.19. The van der Waals surface area contributed by atoms with Crippen LogP contribution in [-0.4, -0.2) is 10.1 Å². The van der Waals surface area contributed by atoms with Crippen LogP contribution in [0.2, 0.25) is 10.0 Å². The SMILES string of the molecule is Nc1noc(-c2cc(Cl)ccc2Cl)c1-c1ccncc1. The van der Waals surface area contributed by atoms with Crippen LogP contribution in [-0.2, 0) is 0 Å². The number of benzene rings is 1. The number of hydrogen-bond acceptors (Lipinski definition) is 4. The van der Waals surface area contributed by atoms with Crippen LogP contribution in [0.5, 0.6) is 0 Å². The molecule has 1 aromatic carbocycles. The molecular weight excluding hydrogens is 297 g/mol. The molecule has 0 saturated carbocycles. The summed E-state index contributed by atoms with van der Waals surface area (Å²) >= 11 is 12.2. The van der Waals surface area contributed by atoms with Gasteiger partial charge in [0.15, 0.2) is 11.6 Å². The normalized spacial score (nSPS) is 10.7. The van der Waals surface area contributed by atoms with Crippen LogP contribution in [0.3, 0.4) is 0 Å². The first-order valence-electron chi connectivity index (χ1n) is 5.78. The molecule has 0 fully saturated rings. The summed E-state index contributed by atoms with van der Waals surface area (Å²) in [6.07, 6.45) is 3.34. The summed E-state index contributed by atoms with van der Waals surface area (Å²) in [7, 11) is 0. The molecule has 0 atom stereocenters. The molecule has 6 heteroatoms. The Balaban J connectivity index is 2.24.